The quantitative estimate of drug-likeness (QED) is 0.935. The van der Waals surface area contributed by atoms with Crippen molar-refractivity contribution in [2.45, 2.75) is 6.54 Å². The molecule has 6 heteroatoms. The molecule has 1 amide bonds. The van der Waals surface area contributed by atoms with Crippen molar-refractivity contribution in [3.8, 4) is 0 Å². The van der Waals surface area contributed by atoms with Crippen molar-refractivity contribution in [1.29, 1.82) is 0 Å². The number of benzene rings is 1. The van der Waals surface area contributed by atoms with Crippen LogP contribution in [-0.2, 0) is 11.3 Å². The molecule has 0 spiro atoms. The molecule has 1 N–H and O–H groups in total. The average molecular weight is 332 g/mol. The van der Waals surface area contributed by atoms with E-state index in [1.54, 1.807) is 12.3 Å². The number of amides is 1. The van der Waals surface area contributed by atoms with E-state index in [-0.39, 0.29) is 5.91 Å². The molecule has 1 aromatic heterocycles. The largest absolute Gasteiger partial charge is 0.378 e. The minimum absolute atomic E-state index is 0.194. The monoisotopic (exact) mass is 331 g/mol. The van der Waals surface area contributed by atoms with E-state index in [4.69, 9.17) is 16.3 Å². The zero-order chi connectivity index (χ0) is 16.1. The van der Waals surface area contributed by atoms with Gasteiger partial charge in [0.25, 0.3) is 5.91 Å². The molecular weight excluding hydrogens is 314 g/mol. The third-order valence-corrected chi connectivity index (χ3v) is 3.93. The predicted molar refractivity (Wildman–Crippen MR) is 89.9 cm³/mol. The summed E-state index contributed by atoms with van der Waals surface area (Å²) in [6.45, 7) is 3.49. The Hall–Kier alpha value is -2.11. The smallest absolute Gasteiger partial charge is 0.270 e. The first-order chi connectivity index (χ1) is 11.2. The number of carbonyl (C=O) groups is 1. The molecule has 1 fully saturated rings. The average Bonchev–Trinajstić information content (AvgIpc) is 2.61. The van der Waals surface area contributed by atoms with E-state index in [9.17, 15) is 4.79 Å². The number of hydrogen-bond donors (Lipinski definition) is 1. The van der Waals surface area contributed by atoms with Crippen LogP contribution in [0.1, 0.15) is 16.1 Å². The highest BCUT2D eigenvalue weighted by molar-refractivity contribution is 6.30. The van der Waals surface area contributed by atoms with E-state index in [0.29, 0.717) is 30.5 Å². The number of anilines is 1. The van der Waals surface area contributed by atoms with Crippen LogP contribution in [0.3, 0.4) is 0 Å². The second-order valence-electron chi connectivity index (χ2n) is 5.31. The van der Waals surface area contributed by atoms with E-state index in [0.717, 1.165) is 24.3 Å². The molecule has 0 bridgehead atoms. The lowest BCUT2D eigenvalue weighted by atomic mass is 10.2. The molecule has 3 rings (SSSR count). The van der Waals surface area contributed by atoms with Gasteiger partial charge in [0.15, 0.2) is 0 Å². The Morgan fingerprint density at radius 3 is 2.87 bits per heavy atom. The predicted octanol–water partition coefficient (Wildman–Crippen LogP) is 2.50. The molecule has 1 aliphatic rings. The zero-order valence-corrected chi connectivity index (χ0v) is 13.4. The molecule has 2 heterocycles. The summed E-state index contributed by atoms with van der Waals surface area (Å²) in [7, 11) is 0. The van der Waals surface area contributed by atoms with Crippen LogP contribution in [0.4, 0.5) is 5.69 Å². The van der Waals surface area contributed by atoms with Gasteiger partial charge in [-0.1, -0.05) is 23.7 Å². The highest BCUT2D eigenvalue weighted by atomic mass is 35.5. The van der Waals surface area contributed by atoms with Crippen molar-refractivity contribution in [3.63, 3.8) is 0 Å². The first-order valence-electron chi connectivity index (χ1n) is 7.54. The number of carbonyl (C=O) groups excluding carboxylic acids is 1. The number of pyridine rings is 1. The molecule has 0 aliphatic carbocycles. The molecule has 0 radical (unpaired) electrons. The van der Waals surface area contributed by atoms with E-state index in [1.807, 2.05) is 30.3 Å². The minimum atomic E-state index is -0.194. The van der Waals surface area contributed by atoms with Gasteiger partial charge in [-0.25, -0.2) is 0 Å². The van der Waals surface area contributed by atoms with E-state index in [2.05, 4.69) is 15.2 Å². The Labute approximate surface area is 140 Å². The lowest BCUT2D eigenvalue weighted by molar-refractivity contribution is 0.0946. The summed E-state index contributed by atoms with van der Waals surface area (Å²) >= 11 is 5.94. The van der Waals surface area contributed by atoms with Gasteiger partial charge in [-0.2, -0.15) is 0 Å². The maximum atomic E-state index is 12.3. The number of rotatable bonds is 4. The van der Waals surface area contributed by atoms with Crippen molar-refractivity contribution in [2.75, 3.05) is 31.2 Å². The van der Waals surface area contributed by atoms with E-state index < -0.39 is 0 Å². The maximum absolute atomic E-state index is 12.3. The number of aromatic nitrogens is 1. The van der Waals surface area contributed by atoms with Crippen LogP contribution in [0.2, 0.25) is 5.02 Å². The van der Waals surface area contributed by atoms with Crippen LogP contribution < -0.4 is 10.2 Å². The van der Waals surface area contributed by atoms with Gasteiger partial charge in [-0.3, -0.25) is 9.78 Å². The molecule has 23 heavy (non-hydrogen) atoms. The summed E-state index contributed by atoms with van der Waals surface area (Å²) in [5.41, 5.74) is 2.36. The fourth-order valence-corrected chi connectivity index (χ4v) is 2.69. The molecule has 120 valence electrons. The summed E-state index contributed by atoms with van der Waals surface area (Å²) in [6.07, 6.45) is 1.67. The van der Waals surface area contributed by atoms with Gasteiger partial charge < -0.3 is 15.0 Å². The summed E-state index contributed by atoms with van der Waals surface area (Å²) in [4.78, 5) is 18.6. The second kappa shape index (κ2) is 7.44. The number of ether oxygens (including phenoxy) is 1. The number of halogens is 1. The Bertz CT molecular complexity index is 687. The SMILES string of the molecule is O=C(NCc1cccc(Cl)c1)c1cc(N2CCOCC2)ccn1. The summed E-state index contributed by atoms with van der Waals surface area (Å²) < 4.78 is 5.35. The van der Waals surface area contributed by atoms with E-state index >= 15 is 0 Å². The van der Waals surface area contributed by atoms with Gasteiger partial charge in [0.05, 0.1) is 13.2 Å². The van der Waals surface area contributed by atoms with Gasteiger partial charge in [0.2, 0.25) is 0 Å². The molecule has 0 saturated carbocycles. The van der Waals surface area contributed by atoms with E-state index in [1.165, 1.54) is 0 Å². The second-order valence-corrected chi connectivity index (χ2v) is 5.75. The van der Waals surface area contributed by atoms with Crippen molar-refractivity contribution >= 4 is 23.2 Å². The summed E-state index contributed by atoms with van der Waals surface area (Å²) in [5.74, 6) is -0.194. The Balaban J connectivity index is 1.65. The zero-order valence-electron chi connectivity index (χ0n) is 12.7. The first-order valence-corrected chi connectivity index (χ1v) is 7.91. The Morgan fingerprint density at radius 2 is 2.09 bits per heavy atom. The fraction of sp³-hybridized carbons (Fsp3) is 0.294. The van der Waals surface area contributed by atoms with Gasteiger partial charge in [0, 0.05) is 36.5 Å². The third kappa shape index (κ3) is 4.21. The Kier molecular flexibility index (Phi) is 5.10. The van der Waals surface area contributed by atoms with Gasteiger partial charge in [-0.05, 0) is 29.8 Å². The summed E-state index contributed by atoms with van der Waals surface area (Å²) in [5, 5.41) is 3.53. The number of morpholine rings is 1. The van der Waals surface area contributed by atoms with Crippen molar-refractivity contribution in [3.05, 3.63) is 58.9 Å². The molecule has 1 aromatic carbocycles. The molecule has 2 aromatic rings. The fourth-order valence-electron chi connectivity index (χ4n) is 2.48. The lowest BCUT2D eigenvalue weighted by Gasteiger charge is -2.28. The van der Waals surface area contributed by atoms with Crippen LogP contribution in [0, 0.1) is 0 Å². The highest BCUT2D eigenvalue weighted by Gasteiger charge is 2.14. The standard InChI is InChI=1S/C17H18ClN3O2/c18-14-3-1-2-13(10-14)12-20-17(22)16-11-15(4-5-19-16)21-6-8-23-9-7-21/h1-5,10-11H,6-9,12H2,(H,20,22). The van der Waals surface area contributed by atoms with Crippen molar-refractivity contribution in [2.24, 2.45) is 0 Å². The van der Waals surface area contributed by atoms with Crippen LogP contribution in [0.15, 0.2) is 42.6 Å². The normalized spacial score (nSPS) is 14.6. The first kappa shape index (κ1) is 15.8. The molecular formula is C17H18ClN3O2. The van der Waals surface area contributed by atoms with Gasteiger partial charge >= 0.3 is 0 Å². The number of nitrogens with one attached hydrogen (secondary N) is 1. The minimum Gasteiger partial charge on any atom is -0.378 e. The van der Waals surface area contributed by atoms with Crippen LogP contribution in [-0.4, -0.2) is 37.2 Å². The van der Waals surface area contributed by atoms with Crippen LogP contribution in [0.25, 0.3) is 0 Å². The summed E-state index contributed by atoms with van der Waals surface area (Å²) in [6, 6.07) is 11.2. The maximum Gasteiger partial charge on any atom is 0.270 e. The number of hydrogen-bond acceptors (Lipinski definition) is 4. The Morgan fingerprint density at radius 1 is 1.26 bits per heavy atom. The topological polar surface area (TPSA) is 54.5 Å². The highest BCUT2D eigenvalue weighted by Crippen LogP contribution is 2.16. The molecule has 1 aliphatic heterocycles. The molecule has 5 nitrogen and oxygen atoms in total. The lowest BCUT2D eigenvalue weighted by Crippen LogP contribution is -2.36. The molecule has 0 atom stereocenters. The molecule has 1 saturated heterocycles. The van der Waals surface area contributed by atoms with Crippen LogP contribution >= 0.6 is 11.6 Å². The van der Waals surface area contributed by atoms with Gasteiger partial charge in [0.1, 0.15) is 5.69 Å². The van der Waals surface area contributed by atoms with Gasteiger partial charge in [-0.15, -0.1) is 0 Å². The number of nitrogens with zero attached hydrogens (tertiary/aromatic N) is 2. The molecule has 0 unspecified atom stereocenters. The third-order valence-electron chi connectivity index (χ3n) is 3.69. The van der Waals surface area contributed by atoms with Crippen molar-refractivity contribution < 1.29 is 9.53 Å². The van der Waals surface area contributed by atoms with Crippen molar-refractivity contribution in [1.82, 2.24) is 10.3 Å². The van der Waals surface area contributed by atoms with Crippen LogP contribution in [0.5, 0.6) is 0 Å².